The summed E-state index contributed by atoms with van der Waals surface area (Å²) >= 11 is 13.1. The molecule has 0 aromatic heterocycles. The average Bonchev–Trinajstić information content (AvgIpc) is 3.00. The molecule has 1 N–H and O–H groups in total. The van der Waals surface area contributed by atoms with E-state index in [1.807, 2.05) is 44.2 Å². The van der Waals surface area contributed by atoms with Crippen molar-refractivity contribution in [2.24, 2.45) is 0 Å². The van der Waals surface area contributed by atoms with Crippen LogP contribution in [-0.4, -0.2) is 44.3 Å². The van der Waals surface area contributed by atoms with Crippen molar-refractivity contribution in [2.75, 3.05) is 17.4 Å². The maximum absolute atomic E-state index is 14.4. The van der Waals surface area contributed by atoms with Crippen LogP contribution in [0.4, 0.5) is 5.69 Å². The molecule has 4 rings (SSSR count). The molecule has 0 aliphatic heterocycles. The number of halogens is 2. The number of likely N-dealkylation sites (N-methyl/N-ethyl adjacent to an activating group) is 1. The number of nitrogens with one attached hydrogen (secondary N) is 1. The fraction of sp³-hybridized carbons (Fsp3) is 0.235. The minimum Gasteiger partial charge on any atom is -0.355 e. The lowest BCUT2D eigenvalue weighted by Gasteiger charge is -2.34. The maximum Gasteiger partial charge on any atom is 0.264 e. The first-order valence-corrected chi connectivity index (χ1v) is 16.4. The summed E-state index contributed by atoms with van der Waals surface area (Å²) in [6.07, 6.45) is 0.190. The highest BCUT2D eigenvalue weighted by Gasteiger charge is 2.35. The van der Waals surface area contributed by atoms with Crippen molar-refractivity contribution in [3.05, 3.63) is 129 Å². The number of hydrogen-bond donors (Lipinski definition) is 1. The zero-order valence-electron chi connectivity index (χ0n) is 24.8. The minimum absolute atomic E-state index is 0.0433. The molecule has 7 nitrogen and oxygen atoms in total. The van der Waals surface area contributed by atoms with Crippen molar-refractivity contribution in [1.82, 2.24) is 10.2 Å². The first-order chi connectivity index (χ1) is 21.0. The molecule has 0 unspecified atom stereocenters. The van der Waals surface area contributed by atoms with Crippen molar-refractivity contribution in [2.45, 2.75) is 44.7 Å². The van der Waals surface area contributed by atoms with E-state index in [0.717, 1.165) is 21.0 Å². The molecule has 0 bridgehead atoms. The third-order valence-electron chi connectivity index (χ3n) is 7.22. The van der Waals surface area contributed by atoms with Gasteiger partial charge in [-0.05, 0) is 62.7 Å². The molecule has 44 heavy (non-hydrogen) atoms. The topological polar surface area (TPSA) is 86.8 Å². The van der Waals surface area contributed by atoms with Crippen LogP contribution in [0, 0.1) is 13.8 Å². The van der Waals surface area contributed by atoms with Gasteiger partial charge in [0.2, 0.25) is 11.8 Å². The summed E-state index contributed by atoms with van der Waals surface area (Å²) in [6.45, 7) is 5.22. The first kappa shape index (κ1) is 33.1. The van der Waals surface area contributed by atoms with Crippen LogP contribution in [0.15, 0.2) is 102 Å². The monoisotopic (exact) mass is 651 g/mol. The molecule has 4 aromatic rings. The number of hydrogen-bond acceptors (Lipinski definition) is 4. The van der Waals surface area contributed by atoms with Crippen molar-refractivity contribution in [1.29, 1.82) is 0 Å². The maximum atomic E-state index is 14.4. The molecule has 0 spiro atoms. The summed E-state index contributed by atoms with van der Waals surface area (Å²) in [5.41, 5.74) is 3.43. The molecule has 0 fully saturated rings. The minimum atomic E-state index is -4.18. The van der Waals surface area contributed by atoms with Gasteiger partial charge in [0.05, 0.1) is 10.6 Å². The molecule has 10 heteroatoms. The second kappa shape index (κ2) is 14.8. The van der Waals surface area contributed by atoms with Crippen LogP contribution in [0.25, 0.3) is 0 Å². The Hall–Kier alpha value is -3.85. The highest BCUT2D eigenvalue weighted by atomic mass is 35.5. The molecule has 0 saturated heterocycles. The molecule has 2 amide bonds. The van der Waals surface area contributed by atoms with Gasteiger partial charge in [0.25, 0.3) is 10.0 Å². The standard InChI is InChI=1S/C34H35Cl2N3O4S/c1-4-37-34(41)32(21-26-9-6-5-7-10-26)38(22-29-30(35)11-8-12-31(29)36)33(40)23-39(27-17-13-24(2)14-18-27)44(42,43)28-19-15-25(3)16-20-28/h5-20,32H,4,21-23H2,1-3H3,(H,37,41)/t32-/m1/s1. The van der Waals surface area contributed by atoms with Gasteiger partial charge in [-0.25, -0.2) is 8.42 Å². The number of carbonyl (C=O) groups is 2. The molecular weight excluding hydrogens is 617 g/mol. The summed E-state index contributed by atoms with van der Waals surface area (Å²) in [5, 5.41) is 3.49. The van der Waals surface area contributed by atoms with Crippen LogP contribution in [-0.2, 0) is 32.6 Å². The molecule has 0 aliphatic rings. The van der Waals surface area contributed by atoms with E-state index in [4.69, 9.17) is 23.2 Å². The van der Waals surface area contributed by atoms with Crippen LogP contribution in [0.1, 0.15) is 29.2 Å². The van der Waals surface area contributed by atoms with E-state index in [0.29, 0.717) is 27.8 Å². The zero-order valence-corrected chi connectivity index (χ0v) is 27.2. The van der Waals surface area contributed by atoms with Gasteiger partial charge in [0, 0.05) is 35.1 Å². The molecule has 0 aliphatic carbocycles. The second-order valence-corrected chi connectivity index (χ2v) is 13.2. The Morgan fingerprint density at radius 3 is 1.93 bits per heavy atom. The highest BCUT2D eigenvalue weighted by molar-refractivity contribution is 7.92. The highest BCUT2D eigenvalue weighted by Crippen LogP contribution is 2.29. The number of amides is 2. The Bertz CT molecular complexity index is 1680. The van der Waals surface area contributed by atoms with Crippen LogP contribution in [0.2, 0.25) is 10.0 Å². The van der Waals surface area contributed by atoms with Gasteiger partial charge < -0.3 is 10.2 Å². The lowest BCUT2D eigenvalue weighted by Crippen LogP contribution is -2.53. The van der Waals surface area contributed by atoms with Gasteiger partial charge >= 0.3 is 0 Å². The number of carbonyl (C=O) groups excluding carboxylic acids is 2. The number of rotatable bonds is 12. The normalized spacial score (nSPS) is 11.9. The van der Waals surface area contributed by atoms with E-state index in [1.165, 1.54) is 17.0 Å². The Kier molecular flexibility index (Phi) is 11.1. The van der Waals surface area contributed by atoms with Crippen molar-refractivity contribution >= 4 is 50.7 Å². The van der Waals surface area contributed by atoms with Gasteiger partial charge in [-0.1, -0.05) is 95.0 Å². The van der Waals surface area contributed by atoms with Gasteiger partial charge in [-0.2, -0.15) is 0 Å². The third-order valence-corrected chi connectivity index (χ3v) is 9.72. The molecule has 4 aromatic carbocycles. The van der Waals surface area contributed by atoms with Crippen LogP contribution >= 0.6 is 23.2 Å². The van der Waals surface area contributed by atoms with Crippen LogP contribution in [0.3, 0.4) is 0 Å². The summed E-state index contributed by atoms with van der Waals surface area (Å²) in [5.74, 6) is -0.972. The number of aryl methyl sites for hydroxylation is 2. The predicted molar refractivity (Wildman–Crippen MR) is 177 cm³/mol. The number of benzene rings is 4. The molecular formula is C34H35Cl2N3O4S. The Labute approximate surface area is 269 Å². The third kappa shape index (κ3) is 8.00. The lowest BCUT2D eigenvalue weighted by atomic mass is 10.0. The van der Waals surface area contributed by atoms with Crippen LogP contribution in [0.5, 0.6) is 0 Å². The van der Waals surface area contributed by atoms with Gasteiger partial charge in [-0.3, -0.25) is 13.9 Å². The molecule has 0 saturated carbocycles. The summed E-state index contributed by atoms with van der Waals surface area (Å²) in [6, 6.07) is 26.7. The van der Waals surface area contributed by atoms with Crippen molar-refractivity contribution in [3.63, 3.8) is 0 Å². The summed E-state index contributed by atoms with van der Waals surface area (Å²) < 4.78 is 29.3. The average molecular weight is 653 g/mol. The van der Waals surface area contributed by atoms with E-state index in [2.05, 4.69) is 5.32 Å². The fourth-order valence-electron chi connectivity index (χ4n) is 4.78. The molecule has 230 valence electrons. The Morgan fingerprint density at radius 1 is 0.795 bits per heavy atom. The van der Waals surface area contributed by atoms with E-state index >= 15 is 0 Å². The van der Waals surface area contributed by atoms with Crippen molar-refractivity contribution < 1.29 is 18.0 Å². The van der Waals surface area contributed by atoms with E-state index in [1.54, 1.807) is 61.5 Å². The van der Waals surface area contributed by atoms with E-state index in [-0.39, 0.29) is 23.8 Å². The fourth-order valence-corrected chi connectivity index (χ4v) is 6.71. The summed E-state index contributed by atoms with van der Waals surface area (Å²) in [4.78, 5) is 29.5. The van der Waals surface area contributed by atoms with E-state index < -0.39 is 28.5 Å². The number of sulfonamides is 1. The summed E-state index contributed by atoms with van der Waals surface area (Å²) in [7, 11) is -4.18. The Balaban J connectivity index is 1.82. The zero-order chi connectivity index (χ0) is 31.9. The van der Waals surface area contributed by atoms with Gasteiger partial charge in [-0.15, -0.1) is 0 Å². The first-order valence-electron chi connectivity index (χ1n) is 14.2. The van der Waals surface area contributed by atoms with Gasteiger partial charge in [0.15, 0.2) is 0 Å². The van der Waals surface area contributed by atoms with E-state index in [9.17, 15) is 18.0 Å². The SMILES string of the molecule is CCNC(=O)[C@@H](Cc1ccccc1)N(Cc1c(Cl)cccc1Cl)C(=O)CN(c1ccc(C)cc1)S(=O)(=O)c1ccc(C)cc1. The smallest absolute Gasteiger partial charge is 0.264 e. The largest absolute Gasteiger partial charge is 0.355 e. The quantitative estimate of drug-likeness (QED) is 0.187. The van der Waals surface area contributed by atoms with Crippen LogP contribution < -0.4 is 9.62 Å². The predicted octanol–water partition coefficient (Wildman–Crippen LogP) is 6.58. The van der Waals surface area contributed by atoms with Crippen molar-refractivity contribution in [3.8, 4) is 0 Å². The number of anilines is 1. The Morgan fingerprint density at radius 2 is 1.36 bits per heavy atom. The molecule has 0 heterocycles. The molecule has 0 radical (unpaired) electrons. The molecule has 1 atom stereocenters. The second-order valence-electron chi connectivity index (χ2n) is 10.5. The van der Waals surface area contributed by atoms with Gasteiger partial charge in [0.1, 0.15) is 12.6 Å². The lowest BCUT2D eigenvalue weighted by molar-refractivity contribution is -0.140. The number of nitrogens with zero attached hydrogens (tertiary/aromatic N) is 2.